The number of aliphatic hydroxyl groups excluding tert-OH is 1. The molecule has 1 fully saturated rings. The number of carbonyl (C=O) groups is 7. The second kappa shape index (κ2) is 25.1. The minimum Gasteiger partial charge on any atom is -0.432 e. The number of benzene rings is 2. The fourth-order valence-electron chi connectivity index (χ4n) is 6.40. The average Bonchev–Trinajstić information content (AvgIpc) is 3.69. The molecule has 0 spiro atoms. The van der Waals surface area contributed by atoms with E-state index in [0.717, 1.165) is 24.0 Å². The Morgan fingerprint density at radius 1 is 0.661 bits per heavy atom. The molecule has 18 nitrogen and oxygen atoms in total. The normalized spacial score (nSPS) is 14.1. The van der Waals surface area contributed by atoms with E-state index in [1.54, 1.807) is 31.4 Å². The molecular weight excluding hydrogens is 770 g/mol. The molecular formula is C41H55N5O13. The molecule has 6 amide bonds. The van der Waals surface area contributed by atoms with E-state index in [1.807, 2.05) is 12.1 Å². The summed E-state index contributed by atoms with van der Waals surface area (Å²) in [6.07, 6.45) is 1.92. The molecule has 1 unspecified atom stereocenters. The number of fused-ring (bicyclic) bond motifs is 3. The van der Waals surface area contributed by atoms with E-state index in [-0.39, 0.29) is 75.4 Å². The van der Waals surface area contributed by atoms with Gasteiger partial charge in [0.25, 0.3) is 11.8 Å². The highest BCUT2D eigenvalue weighted by molar-refractivity contribution is 6.01. The van der Waals surface area contributed by atoms with Crippen molar-refractivity contribution in [2.75, 3.05) is 77.1 Å². The van der Waals surface area contributed by atoms with Gasteiger partial charge in [-0.2, -0.15) is 0 Å². The Kier molecular flexibility index (Phi) is 19.7. The number of nitrogens with zero attached hydrogens (tertiary/aromatic N) is 1. The van der Waals surface area contributed by atoms with Gasteiger partial charge in [0.15, 0.2) is 0 Å². The zero-order chi connectivity index (χ0) is 42.4. The molecule has 1 aliphatic heterocycles. The topological polar surface area (TPSA) is 237 Å². The van der Waals surface area contributed by atoms with Gasteiger partial charge in [0.1, 0.15) is 6.61 Å². The predicted molar refractivity (Wildman–Crippen MR) is 213 cm³/mol. The molecule has 1 aliphatic carbocycles. The molecule has 2 aliphatic rings. The van der Waals surface area contributed by atoms with Crippen LogP contribution in [0.3, 0.4) is 0 Å². The van der Waals surface area contributed by atoms with Crippen LogP contribution in [0.2, 0.25) is 0 Å². The molecule has 2 aromatic rings. The number of hydrogen-bond acceptors (Lipinski definition) is 13. The zero-order valence-electron chi connectivity index (χ0n) is 33.5. The second-order valence-corrected chi connectivity index (χ2v) is 13.9. The first-order chi connectivity index (χ1) is 28.6. The number of nitrogens with one attached hydrogen (secondary N) is 4. The lowest BCUT2D eigenvalue weighted by Gasteiger charge is -2.17. The average molecular weight is 826 g/mol. The molecule has 18 heteroatoms. The van der Waals surface area contributed by atoms with Gasteiger partial charge in [0.2, 0.25) is 23.6 Å². The lowest BCUT2D eigenvalue weighted by molar-refractivity contribution is -0.177. The number of hydrogen-bond donors (Lipinski definition) is 5. The van der Waals surface area contributed by atoms with Crippen molar-refractivity contribution in [3.63, 3.8) is 0 Å². The van der Waals surface area contributed by atoms with Gasteiger partial charge in [-0.05, 0) is 78.6 Å². The second-order valence-electron chi connectivity index (χ2n) is 13.9. The van der Waals surface area contributed by atoms with Gasteiger partial charge in [-0.3, -0.25) is 33.6 Å². The molecule has 0 saturated carbocycles. The third kappa shape index (κ3) is 15.7. The summed E-state index contributed by atoms with van der Waals surface area (Å²) in [7, 11) is 1.62. The van der Waals surface area contributed by atoms with E-state index in [0.29, 0.717) is 93.0 Å². The number of rotatable bonds is 27. The number of carbonyl (C=O) groups excluding carboxylic acids is 7. The molecule has 1 heterocycles. The third-order valence-corrected chi connectivity index (χ3v) is 9.34. The van der Waals surface area contributed by atoms with Crippen LogP contribution in [-0.2, 0) is 52.6 Å². The number of unbranched alkanes of at least 4 members (excludes halogenated alkanes) is 1. The van der Waals surface area contributed by atoms with Gasteiger partial charge in [-0.15, -0.1) is 0 Å². The van der Waals surface area contributed by atoms with Crippen molar-refractivity contribution in [2.24, 2.45) is 0 Å². The summed E-state index contributed by atoms with van der Waals surface area (Å²) in [6.45, 7) is 2.95. The highest BCUT2D eigenvalue weighted by Gasteiger charge is 2.35. The van der Waals surface area contributed by atoms with Crippen LogP contribution >= 0.6 is 0 Å². The lowest BCUT2D eigenvalue weighted by Crippen LogP contribution is -2.32. The van der Waals surface area contributed by atoms with Gasteiger partial charge in [-0.1, -0.05) is 17.2 Å². The fraction of sp³-hybridized carbons (Fsp3) is 0.537. The lowest BCUT2D eigenvalue weighted by atomic mass is 9.97. The molecule has 1 saturated heterocycles. The first-order valence-corrected chi connectivity index (χ1v) is 20.0. The van der Waals surface area contributed by atoms with Crippen LogP contribution < -0.4 is 21.3 Å². The fourth-order valence-corrected chi connectivity index (χ4v) is 6.40. The molecule has 59 heavy (non-hydrogen) atoms. The predicted octanol–water partition coefficient (Wildman–Crippen LogP) is 3.31. The summed E-state index contributed by atoms with van der Waals surface area (Å²) in [5, 5.41) is 20.5. The zero-order valence-corrected chi connectivity index (χ0v) is 33.5. The van der Waals surface area contributed by atoms with E-state index in [4.69, 9.17) is 28.9 Å². The molecule has 1 atom stereocenters. The number of ether oxygens (including phenoxy) is 4. The summed E-state index contributed by atoms with van der Waals surface area (Å²) in [5.74, 6) is -2.88. The summed E-state index contributed by atoms with van der Waals surface area (Å²) in [6, 6.07) is 10.6. The number of imide groups is 1. The highest BCUT2D eigenvalue weighted by atomic mass is 16.8. The quantitative estimate of drug-likeness (QED) is 0.0495. The van der Waals surface area contributed by atoms with Crippen molar-refractivity contribution in [3.8, 4) is 11.1 Å². The molecule has 4 rings (SSSR count). The Labute approximate surface area is 342 Å². The van der Waals surface area contributed by atoms with Crippen LogP contribution in [0.4, 0.5) is 16.2 Å². The van der Waals surface area contributed by atoms with Crippen molar-refractivity contribution in [2.45, 2.75) is 76.5 Å². The molecule has 322 valence electrons. The minimum absolute atomic E-state index is 0.0763. The monoisotopic (exact) mass is 825 g/mol. The van der Waals surface area contributed by atoms with Gasteiger partial charge in [-0.25, -0.2) is 4.79 Å². The smallest absolute Gasteiger partial charge is 0.432 e. The largest absolute Gasteiger partial charge is 0.533 e. The van der Waals surface area contributed by atoms with Gasteiger partial charge >= 0.3 is 6.16 Å². The molecule has 2 aromatic carbocycles. The van der Waals surface area contributed by atoms with Crippen LogP contribution in [0, 0.1) is 0 Å². The Hall–Kier alpha value is -5.43. The number of amides is 6. The van der Waals surface area contributed by atoms with Crippen LogP contribution in [0.25, 0.3) is 11.1 Å². The Balaban J connectivity index is 1.32. The number of hydroxylamine groups is 2. The van der Waals surface area contributed by atoms with Crippen LogP contribution in [0.5, 0.6) is 0 Å². The molecule has 0 bridgehead atoms. The van der Waals surface area contributed by atoms with E-state index >= 15 is 0 Å². The Morgan fingerprint density at radius 2 is 1.17 bits per heavy atom. The maximum Gasteiger partial charge on any atom is 0.533 e. The van der Waals surface area contributed by atoms with E-state index < -0.39 is 23.9 Å². The molecule has 5 N–H and O–H groups in total. The third-order valence-electron chi connectivity index (χ3n) is 9.34. The van der Waals surface area contributed by atoms with Crippen molar-refractivity contribution in [1.82, 2.24) is 15.7 Å². The van der Waals surface area contributed by atoms with Crippen molar-refractivity contribution in [1.29, 1.82) is 0 Å². The first-order valence-electron chi connectivity index (χ1n) is 20.0. The summed E-state index contributed by atoms with van der Waals surface area (Å²) in [5.41, 5.74) is 3.93. The van der Waals surface area contributed by atoms with Gasteiger partial charge < -0.3 is 45.3 Å². The van der Waals surface area contributed by atoms with Crippen molar-refractivity contribution < 1.29 is 62.5 Å². The Morgan fingerprint density at radius 3 is 1.68 bits per heavy atom. The summed E-state index contributed by atoms with van der Waals surface area (Å²) in [4.78, 5) is 91.7. The number of aliphatic hydroxyl groups is 1. The van der Waals surface area contributed by atoms with Crippen LogP contribution in [0.15, 0.2) is 36.4 Å². The van der Waals surface area contributed by atoms with E-state index in [1.165, 1.54) is 0 Å². The number of anilines is 2. The van der Waals surface area contributed by atoms with Crippen molar-refractivity contribution in [3.05, 3.63) is 47.5 Å². The van der Waals surface area contributed by atoms with E-state index in [2.05, 4.69) is 21.3 Å². The summed E-state index contributed by atoms with van der Waals surface area (Å²) < 4.78 is 21.2. The highest BCUT2D eigenvalue weighted by Crippen LogP contribution is 2.47. The van der Waals surface area contributed by atoms with Crippen molar-refractivity contribution >= 4 is 53.0 Å². The SMILES string of the molecule is COCCCOCCNC(=O)CCCC(=O)Nc1ccc2c(c1)C(COC(=O)ON1C(=O)CCC1=O)c1cc(NC(=O)CCCC(=O)NCCOCCCCO)ccc1-2. The minimum atomic E-state index is -1.24. The van der Waals surface area contributed by atoms with Crippen LogP contribution in [-0.4, -0.2) is 118 Å². The Bertz CT molecular complexity index is 1660. The molecule has 0 radical (unpaired) electrons. The van der Waals surface area contributed by atoms with Gasteiger partial charge in [0.05, 0.1) is 13.2 Å². The van der Waals surface area contributed by atoms with Gasteiger partial charge in [0, 0.05) is 102 Å². The van der Waals surface area contributed by atoms with E-state index in [9.17, 15) is 33.6 Å². The maximum atomic E-state index is 12.9. The number of methoxy groups -OCH3 is 1. The molecule has 0 aromatic heterocycles. The van der Waals surface area contributed by atoms with Crippen LogP contribution in [0.1, 0.15) is 87.7 Å². The summed E-state index contributed by atoms with van der Waals surface area (Å²) >= 11 is 0. The standard InChI is InChI=1S/C41H55N5O13/c1-55-20-6-22-57-24-18-43-36(49)8-5-10-38(51)45-29-12-14-31-30-13-11-28(44-37(50)9-4-7-35(48)42-17-23-56-21-3-2-19-47)25-32(30)34(33(31)26-29)27-58-41(54)59-46-39(52)15-16-40(46)53/h11-14,25-26,34,47H,2-10,15-24,27H2,1H3,(H,42,48)(H,43,49)(H,44,50)(H,45,51). The first kappa shape index (κ1) is 46.3. The maximum absolute atomic E-state index is 12.9.